The first-order valence-electron chi connectivity index (χ1n) is 6.82. The van der Waals surface area contributed by atoms with Crippen LogP contribution in [0, 0.1) is 0 Å². The number of fused-ring (bicyclic) bond motifs is 1. The van der Waals surface area contributed by atoms with Gasteiger partial charge in [0.25, 0.3) is 0 Å². The molecule has 0 unspecified atom stereocenters. The van der Waals surface area contributed by atoms with E-state index in [-0.39, 0.29) is 0 Å². The van der Waals surface area contributed by atoms with Crippen molar-refractivity contribution in [3.8, 4) is 0 Å². The van der Waals surface area contributed by atoms with E-state index in [1.54, 1.807) is 5.56 Å². The third kappa shape index (κ3) is 2.47. The fraction of sp³-hybridized carbons (Fsp3) is 0.600. The molecule has 2 nitrogen and oxygen atoms in total. The van der Waals surface area contributed by atoms with Crippen LogP contribution in [0.25, 0.3) is 0 Å². The Morgan fingerprint density at radius 2 is 2.06 bits per heavy atom. The van der Waals surface area contributed by atoms with Crippen molar-refractivity contribution in [3.63, 3.8) is 0 Å². The Hall–Kier alpha value is -1.02. The molecule has 0 bridgehead atoms. The average molecular weight is 232 g/mol. The first-order chi connectivity index (χ1) is 8.27. The second kappa shape index (κ2) is 5.54. The van der Waals surface area contributed by atoms with Crippen LogP contribution in [0.5, 0.6) is 0 Å². The Bertz CT molecular complexity index is 369. The van der Waals surface area contributed by atoms with E-state index in [2.05, 4.69) is 49.3 Å². The number of hydrogen-bond acceptors (Lipinski definition) is 2. The topological polar surface area (TPSA) is 15.3 Å². The SMILES string of the molecule is CCC(CC)N(C)c1cccc2c1CCNC2. The van der Waals surface area contributed by atoms with E-state index < -0.39 is 0 Å². The van der Waals surface area contributed by atoms with Crippen LogP contribution in [0.2, 0.25) is 0 Å². The molecule has 94 valence electrons. The van der Waals surface area contributed by atoms with Gasteiger partial charge in [-0.25, -0.2) is 0 Å². The van der Waals surface area contributed by atoms with Crippen molar-refractivity contribution in [2.24, 2.45) is 0 Å². The highest BCUT2D eigenvalue weighted by Crippen LogP contribution is 2.28. The number of anilines is 1. The maximum Gasteiger partial charge on any atom is 0.0402 e. The Kier molecular flexibility index (Phi) is 4.06. The van der Waals surface area contributed by atoms with Crippen molar-refractivity contribution >= 4 is 5.69 Å². The molecule has 1 aromatic rings. The van der Waals surface area contributed by atoms with Gasteiger partial charge in [-0.2, -0.15) is 0 Å². The highest BCUT2D eigenvalue weighted by Gasteiger charge is 2.18. The van der Waals surface area contributed by atoms with Gasteiger partial charge < -0.3 is 10.2 Å². The lowest BCUT2D eigenvalue weighted by molar-refractivity contribution is 0.584. The van der Waals surface area contributed by atoms with Gasteiger partial charge in [0.05, 0.1) is 0 Å². The zero-order valence-corrected chi connectivity index (χ0v) is 11.3. The quantitative estimate of drug-likeness (QED) is 0.858. The minimum absolute atomic E-state index is 0.663. The van der Waals surface area contributed by atoms with Crippen LogP contribution in [0.3, 0.4) is 0 Å². The summed E-state index contributed by atoms with van der Waals surface area (Å²) in [5, 5.41) is 3.45. The van der Waals surface area contributed by atoms with Gasteiger partial charge in [-0.1, -0.05) is 26.0 Å². The van der Waals surface area contributed by atoms with Gasteiger partial charge in [0.2, 0.25) is 0 Å². The molecule has 0 atom stereocenters. The van der Waals surface area contributed by atoms with E-state index in [9.17, 15) is 0 Å². The summed E-state index contributed by atoms with van der Waals surface area (Å²) in [5.41, 5.74) is 4.48. The molecule has 17 heavy (non-hydrogen) atoms. The summed E-state index contributed by atoms with van der Waals surface area (Å²) in [4.78, 5) is 2.48. The molecule has 0 aromatic heterocycles. The van der Waals surface area contributed by atoms with Crippen LogP contribution in [0.4, 0.5) is 5.69 Å². The highest BCUT2D eigenvalue weighted by atomic mass is 15.1. The summed E-state index contributed by atoms with van der Waals surface area (Å²) in [7, 11) is 2.25. The predicted molar refractivity (Wildman–Crippen MR) is 74.6 cm³/mol. The number of benzene rings is 1. The van der Waals surface area contributed by atoms with Gasteiger partial charge in [-0.3, -0.25) is 0 Å². The monoisotopic (exact) mass is 232 g/mol. The summed E-state index contributed by atoms with van der Waals surface area (Å²) in [6, 6.07) is 7.39. The van der Waals surface area contributed by atoms with Crippen LogP contribution in [0.15, 0.2) is 18.2 Å². The fourth-order valence-corrected chi connectivity index (χ4v) is 2.88. The fourth-order valence-electron chi connectivity index (χ4n) is 2.88. The molecule has 1 N–H and O–H groups in total. The van der Waals surface area contributed by atoms with Crippen molar-refractivity contribution in [1.29, 1.82) is 0 Å². The van der Waals surface area contributed by atoms with Gasteiger partial charge >= 0.3 is 0 Å². The zero-order valence-electron chi connectivity index (χ0n) is 11.3. The third-order valence-electron chi connectivity index (χ3n) is 3.99. The van der Waals surface area contributed by atoms with Crippen molar-refractivity contribution in [2.45, 2.75) is 45.7 Å². The number of hydrogen-bond donors (Lipinski definition) is 1. The molecule has 0 spiro atoms. The normalized spacial score (nSPS) is 14.8. The Labute approximate surface area is 105 Å². The van der Waals surface area contributed by atoms with Crippen LogP contribution < -0.4 is 10.2 Å². The minimum Gasteiger partial charge on any atom is -0.371 e. The minimum atomic E-state index is 0.663. The summed E-state index contributed by atoms with van der Waals surface area (Å²) in [6.07, 6.45) is 3.60. The van der Waals surface area contributed by atoms with E-state index in [1.807, 2.05) is 0 Å². The van der Waals surface area contributed by atoms with Crippen LogP contribution in [-0.4, -0.2) is 19.6 Å². The van der Waals surface area contributed by atoms with Gasteiger partial charge in [-0.15, -0.1) is 0 Å². The summed E-state index contributed by atoms with van der Waals surface area (Å²) in [6.45, 7) is 6.70. The number of rotatable bonds is 4. The van der Waals surface area contributed by atoms with Gasteiger partial charge in [-0.05, 0) is 43.0 Å². The second-order valence-electron chi connectivity index (χ2n) is 4.92. The molecule has 1 aromatic carbocycles. The standard InChI is InChI=1S/C15H24N2/c1-4-13(5-2)17(3)15-8-6-7-12-11-16-10-9-14(12)15/h6-8,13,16H,4-5,9-11H2,1-3H3. The van der Waals surface area contributed by atoms with E-state index in [1.165, 1.54) is 24.1 Å². The summed E-state index contributed by atoms with van der Waals surface area (Å²) >= 11 is 0. The molecule has 1 heterocycles. The second-order valence-corrected chi connectivity index (χ2v) is 4.92. The lowest BCUT2D eigenvalue weighted by Crippen LogP contribution is -2.33. The predicted octanol–water partition coefficient (Wildman–Crippen LogP) is 2.96. The van der Waals surface area contributed by atoms with E-state index >= 15 is 0 Å². The smallest absolute Gasteiger partial charge is 0.0402 e. The molecule has 0 saturated heterocycles. The highest BCUT2D eigenvalue weighted by molar-refractivity contribution is 5.57. The number of nitrogens with one attached hydrogen (secondary N) is 1. The van der Waals surface area contributed by atoms with Gasteiger partial charge in [0, 0.05) is 25.3 Å². The van der Waals surface area contributed by atoms with E-state index in [4.69, 9.17) is 0 Å². The Morgan fingerprint density at radius 3 is 2.76 bits per heavy atom. The first kappa shape index (κ1) is 12.4. The molecular formula is C15H24N2. The van der Waals surface area contributed by atoms with E-state index in [0.29, 0.717) is 6.04 Å². The molecule has 0 saturated carbocycles. The Morgan fingerprint density at radius 1 is 1.29 bits per heavy atom. The molecule has 2 rings (SSSR count). The Balaban J connectivity index is 2.31. The molecule has 1 aliphatic rings. The zero-order chi connectivity index (χ0) is 12.3. The van der Waals surface area contributed by atoms with Gasteiger partial charge in [0.1, 0.15) is 0 Å². The van der Waals surface area contributed by atoms with Crippen molar-refractivity contribution in [1.82, 2.24) is 5.32 Å². The van der Waals surface area contributed by atoms with Crippen molar-refractivity contribution in [3.05, 3.63) is 29.3 Å². The van der Waals surface area contributed by atoms with Gasteiger partial charge in [0.15, 0.2) is 0 Å². The molecule has 0 aliphatic carbocycles. The van der Waals surface area contributed by atoms with Crippen molar-refractivity contribution in [2.75, 3.05) is 18.5 Å². The molecule has 0 fully saturated rings. The number of nitrogens with zero attached hydrogens (tertiary/aromatic N) is 1. The third-order valence-corrected chi connectivity index (χ3v) is 3.99. The molecule has 0 radical (unpaired) electrons. The first-order valence-corrected chi connectivity index (χ1v) is 6.82. The molecule has 2 heteroatoms. The molecule has 0 amide bonds. The molecule has 1 aliphatic heterocycles. The van der Waals surface area contributed by atoms with Crippen molar-refractivity contribution < 1.29 is 0 Å². The van der Waals surface area contributed by atoms with E-state index in [0.717, 1.165) is 19.5 Å². The van der Waals surface area contributed by atoms with Crippen LogP contribution in [0.1, 0.15) is 37.8 Å². The summed E-state index contributed by atoms with van der Waals surface area (Å²) in [5.74, 6) is 0. The van der Waals surface area contributed by atoms with Crippen LogP contribution >= 0.6 is 0 Å². The lowest BCUT2D eigenvalue weighted by Gasteiger charge is -2.32. The van der Waals surface area contributed by atoms with Crippen LogP contribution in [-0.2, 0) is 13.0 Å². The maximum atomic E-state index is 3.45. The largest absolute Gasteiger partial charge is 0.371 e. The summed E-state index contributed by atoms with van der Waals surface area (Å²) < 4.78 is 0. The lowest BCUT2D eigenvalue weighted by atomic mass is 9.97. The maximum absolute atomic E-state index is 3.45. The molecular weight excluding hydrogens is 208 g/mol. The average Bonchev–Trinajstić information content (AvgIpc) is 2.39.